The van der Waals surface area contributed by atoms with Crippen LogP contribution in [0.3, 0.4) is 0 Å². The van der Waals surface area contributed by atoms with Crippen molar-refractivity contribution in [2.45, 2.75) is 13.0 Å². The molecule has 3 rings (SSSR count). The number of hydrogen-bond acceptors (Lipinski definition) is 1. The fourth-order valence-electron chi connectivity index (χ4n) is 2.49. The predicted molar refractivity (Wildman–Crippen MR) is 87.9 cm³/mol. The van der Waals surface area contributed by atoms with Gasteiger partial charge in [-0.2, -0.15) is 0 Å². The average Bonchev–Trinajstić information content (AvgIpc) is 2.77. The Morgan fingerprint density at radius 3 is 2.48 bits per heavy atom. The van der Waals surface area contributed by atoms with Crippen molar-refractivity contribution < 1.29 is 0 Å². The summed E-state index contributed by atoms with van der Waals surface area (Å²) in [4.78, 5) is 12.7. The van der Waals surface area contributed by atoms with E-state index < -0.39 is 0 Å². The fourth-order valence-corrected chi connectivity index (χ4v) is 2.78. The van der Waals surface area contributed by atoms with Gasteiger partial charge in [-0.1, -0.05) is 29.8 Å². The van der Waals surface area contributed by atoms with Crippen molar-refractivity contribution in [3.05, 3.63) is 64.0 Å². The molecule has 0 aliphatic heterocycles. The van der Waals surface area contributed by atoms with Crippen LogP contribution in [0.25, 0.3) is 16.7 Å². The monoisotopic (exact) mass is 320 g/mol. The molecular formula is C16H14Cl2N2O. The van der Waals surface area contributed by atoms with Gasteiger partial charge in [0.05, 0.1) is 16.7 Å². The highest BCUT2D eigenvalue weighted by Crippen LogP contribution is 2.21. The van der Waals surface area contributed by atoms with Gasteiger partial charge in [0.25, 0.3) is 0 Å². The number of benzene rings is 2. The topological polar surface area (TPSA) is 26.9 Å². The summed E-state index contributed by atoms with van der Waals surface area (Å²) in [5.41, 5.74) is 2.45. The van der Waals surface area contributed by atoms with E-state index in [1.54, 1.807) is 15.2 Å². The molecule has 0 N–H and O–H groups in total. The van der Waals surface area contributed by atoms with Gasteiger partial charge in [-0.3, -0.25) is 9.13 Å². The molecule has 0 bridgehead atoms. The highest BCUT2D eigenvalue weighted by molar-refractivity contribution is 6.31. The van der Waals surface area contributed by atoms with Gasteiger partial charge >= 0.3 is 5.69 Å². The normalized spacial score (nSPS) is 11.1. The van der Waals surface area contributed by atoms with E-state index in [4.69, 9.17) is 23.2 Å². The van der Waals surface area contributed by atoms with Crippen molar-refractivity contribution in [3.8, 4) is 5.69 Å². The van der Waals surface area contributed by atoms with Crippen LogP contribution in [0.1, 0.15) is 6.42 Å². The molecule has 0 fully saturated rings. The van der Waals surface area contributed by atoms with E-state index in [1.807, 2.05) is 42.5 Å². The Morgan fingerprint density at radius 2 is 1.76 bits per heavy atom. The minimum Gasteiger partial charge on any atom is -0.292 e. The minimum absolute atomic E-state index is 0.0661. The predicted octanol–water partition coefficient (Wildman–Crippen LogP) is 4.07. The largest absolute Gasteiger partial charge is 0.333 e. The number of fused-ring (bicyclic) bond motifs is 1. The van der Waals surface area contributed by atoms with Crippen molar-refractivity contribution in [1.82, 2.24) is 9.13 Å². The summed E-state index contributed by atoms with van der Waals surface area (Å²) in [7, 11) is 0. The van der Waals surface area contributed by atoms with E-state index in [9.17, 15) is 4.79 Å². The number of aryl methyl sites for hydroxylation is 1. The zero-order chi connectivity index (χ0) is 14.8. The molecule has 0 aliphatic rings. The summed E-state index contributed by atoms with van der Waals surface area (Å²) < 4.78 is 3.44. The summed E-state index contributed by atoms with van der Waals surface area (Å²) in [6.45, 7) is 0.598. The molecule has 3 aromatic rings. The van der Waals surface area contributed by atoms with Crippen LogP contribution >= 0.6 is 23.2 Å². The first-order chi connectivity index (χ1) is 10.2. The number of alkyl halides is 1. The van der Waals surface area contributed by atoms with Crippen molar-refractivity contribution >= 4 is 34.2 Å². The van der Waals surface area contributed by atoms with Crippen LogP contribution in [0.4, 0.5) is 0 Å². The second kappa shape index (κ2) is 5.96. The molecule has 0 spiro atoms. The SMILES string of the molecule is O=c1n(CCCCl)c2ccc(Cl)cc2n1-c1ccccc1. The molecule has 0 radical (unpaired) electrons. The third-order valence-electron chi connectivity index (χ3n) is 3.42. The van der Waals surface area contributed by atoms with Gasteiger partial charge in [0.15, 0.2) is 0 Å². The number of halogens is 2. The van der Waals surface area contributed by atoms with E-state index in [2.05, 4.69) is 0 Å². The lowest BCUT2D eigenvalue weighted by Crippen LogP contribution is -2.23. The Kier molecular flexibility index (Phi) is 4.04. The molecule has 108 valence electrons. The summed E-state index contributed by atoms with van der Waals surface area (Å²) >= 11 is 11.9. The van der Waals surface area contributed by atoms with Crippen LogP contribution in [0.15, 0.2) is 53.3 Å². The van der Waals surface area contributed by atoms with Crippen LogP contribution < -0.4 is 5.69 Å². The molecule has 1 heterocycles. The van der Waals surface area contributed by atoms with E-state index >= 15 is 0 Å². The molecule has 1 aromatic heterocycles. The Hall–Kier alpha value is -1.71. The molecule has 3 nitrogen and oxygen atoms in total. The Balaban J connectivity index is 2.30. The number of nitrogens with zero attached hydrogens (tertiary/aromatic N) is 2. The quantitative estimate of drug-likeness (QED) is 0.665. The second-order valence-corrected chi connectivity index (χ2v) is 5.60. The van der Waals surface area contributed by atoms with Crippen LogP contribution in [-0.2, 0) is 6.54 Å². The number of rotatable bonds is 4. The lowest BCUT2D eigenvalue weighted by molar-refractivity contribution is 0.667. The van der Waals surface area contributed by atoms with Gasteiger partial charge in [0.1, 0.15) is 0 Å². The van der Waals surface area contributed by atoms with E-state index in [0.29, 0.717) is 17.4 Å². The fraction of sp³-hybridized carbons (Fsp3) is 0.188. The van der Waals surface area contributed by atoms with Crippen LogP contribution in [0.2, 0.25) is 5.02 Å². The second-order valence-electron chi connectivity index (χ2n) is 4.78. The van der Waals surface area contributed by atoms with Crippen LogP contribution in [-0.4, -0.2) is 15.0 Å². The van der Waals surface area contributed by atoms with Gasteiger partial charge in [-0.25, -0.2) is 4.79 Å². The first kappa shape index (κ1) is 14.2. The van der Waals surface area contributed by atoms with E-state index in [0.717, 1.165) is 23.1 Å². The van der Waals surface area contributed by atoms with Crippen molar-refractivity contribution in [1.29, 1.82) is 0 Å². The molecule has 2 aromatic carbocycles. The number of para-hydroxylation sites is 1. The van der Waals surface area contributed by atoms with Gasteiger partial charge in [-0.05, 0) is 36.8 Å². The van der Waals surface area contributed by atoms with E-state index in [-0.39, 0.29) is 5.69 Å². The van der Waals surface area contributed by atoms with Crippen LogP contribution in [0.5, 0.6) is 0 Å². The smallest absolute Gasteiger partial charge is 0.292 e. The standard InChI is InChI=1S/C16H14Cl2N2O/c17-9-4-10-19-14-8-7-12(18)11-15(14)20(16(19)21)13-5-2-1-3-6-13/h1-3,5-8,11H,4,9-10H2. The zero-order valence-corrected chi connectivity index (χ0v) is 12.8. The average molecular weight is 321 g/mol. The maximum absolute atomic E-state index is 12.7. The Morgan fingerprint density at radius 1 is 1.00 bits per heavy atom. The molecule has 0 amide bonds. The lowest BCUT2D eigenvalue weighted by Gasteiger charge is -2.02. The Labute approximate surface area is 132 Å². The summed E-state index contributed by atoms with van der Waals surface area (Å²) in [6, 6.07) is 15.1. The van der Waals surface area contributed by atoms with Crippen molar-refractivity contribution in [2.75, 3.05) is 5.88 Å². The minimum atomic E-state index is -0.0661. The maximum Gasteiger partial charge on any atom is 0.333 e. The first-order valence-corrected chi connectivity index (χ1v) is 7.66. The maximum atomic E-state index is 12.7. The molecular weight excluding hydrogens is 307 g/mol. The summed E-state index contributed by atoms with van der Waals surface area (Å²) in [6.07, 6.45) is 0.748. The first-order valence-electron chi connectivity index (χ1n) is 6.74. The molecule has 5 heteroatoms. The summed E-state index contributed by atoms with van der Waals surface area (Å²) in [5.74, 6) is 0.526. The van der Waals surface area contributed by atoms with Gasteiger partial charge in [0, 0.05) is 17.4 Å². The third kappa shape index (κ3) is 2.59. The van der Waals surface area contributed by atoms with Crippen LogP contribution in [0, 0.1) is 0 Å². The van der Waals surface area contributed by atoms with Gasteiger partial charge in [-0.15, -0.1) is 11.6 Å². The molecule has 0 atom stereocenters. The number of hydrogen-bond donors (Lipinski definition) is 0. The molecule has 0 saturated heterocycles. The van der Waals surface area contributed by atoms with Gasteiger partial charge in [0.2, 0.25) is 0 Å². The number of imidazole rings is 1. The van der Waals surface area contributed by atoms with Gasteiger partial charge < -0.3 is 0 Å². The highest BCUT2D eigenvalue weighted by Gasteiger charge is 2.14. The molecule has 21 heavy (non-hydrogen) atoms. The lowest BCUT2D eigenvalue weighted by atomic mass is 10.3. The highest BCUT2D eigenvalue weighted by atomic mass is 35.5. The molecule has 0 saturated carbocycles. The van der Waals surface area contributed by atoms with E-state index in [1.165, 1.54) is 0 Å². The third-order valence-corrected chi connectivity index (χ3v) is 3.92. The summed E-state index contributed by atoms with van der Waals surface area (Å²) in [5, 5.41) is 0.613. The molecule has 0 unspecified atom stereocenters. The molecule has 0 aliphatic carbocycles. The number of aromatic nitrogens is 2. The van der Waals surface area contributed by atoms with Crippen molar-refractivity contribution in [3.63, 3.8) is 0 Å². The Bertz CT molecular complexity index is 821. The zero-order valence-electron chi connectivity index (χ0n) is 11.3. The van der Waals surface area contributed by atoms with Crippen molar-refractivity contribution in [2.24, 2.45) is 0 Å².